The van der Waals surface area contributed by atoms with Gasteiger partial charge in [0, 0.05) is 30.1 Å². The monoisotopic (exact) mass is 286 g/mol. The lowest BCUT2D eigenvalue weighted by molar-refractivity contribution is 0.0942. The Morgan fingerprint density at radius 3 is 3.05 bits per heavy atom. The quantitative estimate of drug-likeness (QED) is 0.849. The highest BCUT2D eigenvalue weighted by Crippen LogP contribution is 2.21. The first-order valence-electron chi connectivity index (χ1n) is 6.81. The van der Waals surface area contributed by atoms with Crippen molar-refractivity contribution in [2.45, 2.75) is 12.5 Å². The second kappa shape index (κ2) is 5.61. The van der Waals surface area contributed by atoms with E-state index in [1.807, 2.05) is 12.2 Å². The zero-order valence-corrected chi connectivity index (χ0v) is 11.3. The molecule has 0 saturated heterocycles. The predicted molar refractivity (Wildman–Crippen MR) is 77.3 cm³/mol. The minimum atomic E-state index is -0.462. The molecule has 2 atom stereocenters. The van der Waals surface area contributed by atoms with Gasteiger partial charge in [0.15, 0.2) is 0 Å². The first-order valence-corrected chi connectivity index (χ1v) is 6.81. The fourth-order valence-corrected chi connectivity index (χ4v) is 2.59. The number of benzene rings is 1. The zero-order valence-electron chi connectivity index (χ0n) is 11.3. The summed E-state index contributed by atoms with van der Waals surface area (Å²) < 4.78 is 13.6. The Morgan fingerprint density at radius 2 is 2.29 bits per heavy atom. The molecule has 0 unspecified atom stereocenters. The number of carbonyl (C=O) groups is 1. The van der Waals surface area contributed by atoms with Gasteiger partial charge >= 0.3 is 0 Å². The topological polar surface area (TPSA) is 62.2 Å². The molecule has 2 N–H and O–H groups in total. The molecule has 0 bridgehead atoms. The van der Waals surface area contributed by atoms with Crippen LogP contribution in [0.5, 0.6) is 0 Å². The lowest BCUT2D eigenvalue weighted by atomic mass is 10.1. The highest BCUT2D eigenvalue weighted by atomic mass is 19.1. The smallest absolute Gasteiger partial charge is 0.254 e. The van der Waals surface area contributed by atoms with E-state index in [2.05, 4.69) is 10.3 Å². The molecule has 0 fully saturated rings. The summed E-state index contributed by atoms with van der Waals surface area (Å²) in [4.78, 5) is 16.5. The summed E-state index contributed by atoms with van der Waals surface area (Å²) in [5.41, 5.74) is 0.712. The summed E-state index contributed by atoms with van der Waals surface area (Å²) in [7, 11) is 0. The normalized spacial score (nSPS) is 20.9. The fourth-order valence-electron chi connectivity index (χ4n) is 2.59. The number of hydrogen-bond acceptors (Lipinski definition) is 3. The van der Waals surface area contributed by atoms with Crippen LogP contribution in [0.1, 0.15) is 16.8 Å². The molecule has 1 aliphatic carbocycles. The number of hydrogen-bond donors (Lipinski definition) is 2. The van der Waals surface area contributed by atoms with Crippen molar-refractivity contribution in [1.29, 1.82) is 0 Å². The van der Waals surface area contributed by atoms with Crippen LogP contribution in [0.25, 0.3) is 10.9 Å². The van der Waals surface area contributed by atoms with E-state index >= 15 is 0 Å². The van der Waals surface area contributed by atoms with Crippen LogP contribution in [0.4, 0.5) is 4.39 Å². The summed E-state index contributed by atoms with van der Waals surface area (Å²) in [6, 6.07) is 5.84. The minimum absolute atomic E-state index is 0.0628. The summed E-state index contributed by atoms with van der Waals surface area (Å²) in [6.07, 6.45) is 5.97. The van der Waals surface area contributed by atoms with E-state index in [1.165, 1.54) is 12.1 Å². The molecule has 0 aliphatic heterocycles. The molecule has 1 aromatic heterocycles. The molecule has 0 saturated carbocycles. The number of fused-ring (bicyclic) bond motifs is 1. The van der Waals surface area contributed by atoms with Crippen molar-refractivity contribution in [2.24, 2.45) is 5.92 Å². The first-order chi connectivity index (χ1) is 10.2. The lowest BCUT2D eigenvalue weighted by Gasteiger charge is -2.13. The van der Waals surface area contributed by atoms with Crippen molar-refractivity contribution < 1.29 is 14.3 Å². The molecular weight excluding hydrogens is 271 g/mol. The van der Waals surface area contributed by atoms with E-state index in [0.717, 1.165) is 0 Å². The van der Waals surface area contributed by atoms with Crippen molar-refractivity contribution >= 4 is 16.8 Å². The maximum Gasteiger partial charge on any atom is 0.254 e. The highest BCUT2D eigenvalue weighted by Gasteiger charge is 2.21. The number of nitrogens with zero attached hydrogens (tertiary/aromatic N) is 1. The van der Waals surface area contributed by atoms with Gasteiger partial charge in [-0.2, -0.15) is 0 Å². The van der Waals surface area contributed by atoms with Crippen molar-refractivity contribution in [3.05, 3.63) is 54.0 Å². The van der Waals surface area contributed by atoms with Gasteiger partial charge < -0.3 is 10.4 Å². The Hall–Kier alpha value is -2.27. The summed E-state index contributed by atoms with van der Waals surface area (Å²) >= 11 is 0. The number of aliphatic hydroxyl groups excluding tert-OH is 1. The number of aromatic nitrogens is 1. The van der Waals surface area contributed by atoms with Crippen LogP contribution in [0.15, 0.2) is 42.6 Å². The lowest BCUT2D eigenvalue weighted by Crippen LogP contribution is -2.33. The molecular formula is C16H15FN2O2. The van der Waals surface area contributed by atoms with Crippen LogP contribution < -0.4 is 5.32 Å². The Kier molecular flexibility index (Phi) is 3.66. The van der Waals surface area contributed by atoms with Crippen LogP contribution in [-0.2, 0) is 0 Å². The van der Waals surface area contributed by atoms with Gasteiger partial charge in [-0.05, 0) is 24.6 Å². The van der Waals surface area contributed by atoms with Crippen LogP contribution in [0.2, 0.25) is 0 Å². The van der Waals surface area contributed by atoms with Crippen LogP contribution in [0.3, 0.4) is 0 Å². The van der Waals surface area contributed by atoms with E-state index in [-0.39, 0.29) is 30.0 Å². The van der Waals surface area contributed by atoms with Crippen molar-refractivity contribution in [3.8, 4) is 0 Å². The Morgan fingerprint density at radius 1 is 1.43 bits per heavy atom. The van der Waals surface area contributed by atoms with Gasteiger partial charge in [-0.25, -0.2) is 4.39 Å². The van der Waals surface area contributed by atoms with Gasteiger partial charge in [0.05, 0.1) is 11.1 Å². The average molecular weight is 286 g/mol. The second-order valence-electron chi connectivity index (χ2n) is 5.17. The van der Waals surface area contributed by atoms with Crippen LogP contribution in [-0.4, -0.2) is 28.6 Å². The molecule has 1 aromatic carbocycles. The van der Waals surface area contributed by atoms with E-state index in [9.17, 15) is 9.18 Å². The molecule has 1 heterocycles. The molecule has 2 aromatic rings. The van der Waals surface area contributed by atoms with Gasteiger partial charge in [-0.1, -0.05) is 18.2 Å². The fraction of sp³-hybridized carbons (Fsp3) is 0.250. The Labute approximate surface area is 121 Å². The average Bonchev–Trinajstić information content (AvgIpc) is 2.94. The van der Waals surface area contributed by atoms with Gasteiger partial charge in [0.1, 0.15) is 5.82 Å². The van der Waals surface area contributed by atoms with Crippen LogP contribution in [0, 0.1) is 11.7 Å². The third kappa shape index (κ3) is 2.78. The molecule has 4 nitrogen and oxygen atoms in total. The molecule has 0 spiro atoms. The standard InChI is InChI=1S/C16H15FN2O2/c17-12-7-11-2-1-5-18-15(11)14(8-12)16(21)19-13-4-3-10(6-13)9-20/h1-5,7-8,10,13,20H,6,9H2,(H,19,21)/t10-,13+/m0/s1. The molecule has 3 rings (SSSR count). The minimum Gasteiger partial charge on any atom is -0.396 e. The molecule has 1 aliphatic rings. The summed E-state index contributed by atoms with van der Waals surface area (Å²) in [5.74, 6) is -0.750. The van der Waals surface area contributed by atoms with Gasteiger partial charge in [-0.15, -0.1) is 0 Å². The van der Waals surface area contributed by atoms with Crippen molar-refractivity contribution in [1.82, 2.24) is 10.3 Å². The summed E-state index contributed by atoms with van der Waals surface area (Å²) in [5, 5.41) is 12.5. The van der Waals surface area contributed by atoms with Gasteiger partial charge in [0.2, 0.25) is 0 Å². The maximum absolute atomic E-state index is 13.6. The van der Waals surface area contributed by atoms with Crippen molar-refractivity contribution in [3.63, 3.8) is 0 Å². The molecule has 1 amide bonds. The van der Waals surface area contributed by atoms with Gasteiger partial charge in [0.25, 0.3) is 5.91 Å². The van der Waals surface area contributed by atoms with Gasteiger partial charge in [-0.3, -0.25) is 9.78 Å². The number of halogens is 1. The first kappa shape index (κ1) is 13.7. The molecule has 21 heavy (non-hydrogen) atoms. The number of carbonyl (C=O) groups excluding carboxylic acids is 1. The number of nitrogens with one attached hydrogen (secondary N) is 1. The third-order valence-corrected chi connectivity index (χ3v) is 3.64. The Balaban J connectivity index is 1.87. The van der Waals surface area contributed by atoms with Crippen LogP contribution >= 0.6 is 0 Å². The zero-order chi connectivity index (χ0) is 14.8. The summed E-state index contributed by atoms with van der Waals surface area (Å²) in [6.45, 7) is 0.0628. The maximum atomic E-state index is 13.6. The molecule has 108 valence electrons. The number of aliphatic hydroxyl groups is 1. The second-order valence-corrected chi connectivity index (χ2v) is 5.17. The SMILES string of the molecule is O=C(N[C@@H]1C=C[C@H](CO)C1)c1cc(F)cc2cccnc12. The van der Waals surface area contributed by atoms with E-state index in [4.69, 9.17) is 5.11 Å². The van der Waals surface area contributed by atoms with Crippen molar-refractivity contribution in [2.75, 3.05) is 6.61 Å². The van der Waals surface area contributed by atoms with E-state index in [0.29, 0.717) is 17.3 Å². The number of rotatable bonds is 3. The molecule has 0 radical (unpaired) electrons. The number of amides is 1. The molecule has 5 heteroatoms. The predicted octanol–water partition coefficient (Wildman–Crippen LogP) is 2.04. The van der Waals surface area contributed by atoms with E-state index < -0.39 is 5.82 Å². The highest BCUT2D eigenvalue weighted by molar-refractivity contribution is 6.05. The van der Waals surface area contributed by atoms with E-state index in [1.54, 1.807) is 18.3 Å². The largest absolute Gasteiger partial charge is 0.396 e. The number of pyridine rings is 1. The third-order valence-electron chi connectivity index (χ3n) is 3.64. The Bertz CT molecular complexity index is 714.